The Labute approximate surface area is 113 Å². The molecule has 1 aliphatic heterocycles. The molecule has 0 saturated carbocycles. The summed E-state index contributed by atoms with van der Waals surface area (Å²) in [5.41, 5.74) is 3.84. The lowest BCUT2D eigenvalue weighted by molar-refractivity contribution is 0.0406. The van der Waals surface area contributed by atoms with E-state index in [4.69, 9.17) is 10.6 Å². The highest BCUT2D eigenvalue weighted by Crippen LogP contribution is 2.17. The fourth-order valence-electron chi connectivity index (χ4n) is 2.48. The van der Waals surface area contributed by atoms with E-state index in [-0.39, 0.29) is 5.91 Å². The second-order valence-corrected chi connectivity index (χ2v) is 4.89. The van der Waals surface area contributed by atoms with E-state index in [0.717, 1.165) is 38.2 Å². The van der Waals surface area contributed by atoms with Crippen LogP contribution in [-0.2, 0) is 11.3 Å². The van der Waals surface area contributed by atoms with Gasteiger partial charge in [-0.2, -0.15) is 0 Å². The molecule has 104 valence electrons. The van der Waals surface area contributed by atoms with E-state index in [0.29, 0.717) is 11.6 Å². The van der Waals surface area contributed by atoms with Crippen LogP contribution in [0.25, 0.3) is 0 Å². The third-order valence-corrected chi connectivity index (χ3v) is 3.63. The molecule has 0 aromatic heterocycles. The third kappa shape index (κ3) is 3.53. The minimum absolute atomic E-state index is 0.240. The van der Waals surface area contributed by atoms with E-state index in [9.17, 15) is 4.79 Å². The van der Waals surface area contributed by atoms with E-state index in [1.807, 2.05) is 18.2 Å². The fourth-order valence-corrected chi connectivity index (χ4v) is 2.48. The van der Waals surface area contributed by atoms with Gasteiger partial charge in [-0.3, -0.25) is 15.1 Å². The highest BCUT2D eigenvalue weighted by atomic mass is 16.5. The van der Waals surface area contributed by atoms with Crippen molar-refractivity contribution >= 4 is 5.91 Å². The lowest BCUT2D eigenvalue weighted by atomic mass is 10.0. The van der Waals surface area contributed by atoms with Gasteiger partial charge in [-0.05, 0) is 31.5 Å². The Morgan fingerprint density at radius 1 is 1.42 bits per heavy atom. The van der Waals surface area contributed by atoms with Gasteiger partial charge in [0.15, 0.2) is 0 Å². The minimum atomic E-state index is -0.240. The SMILES string of the molecule is CN(Cc1ccccc1C(=O)NN)C1CCOCC1. The van der Waals surface area contributed by atoms with Gasteiger partial charge in [-0.1, -0.05) is 18.2 Å². The quantitative estimate of drug-likeness (QED) is 0.481. The summed E-state index contributed by atoms with van der Waals surface area (Å²) in [4.78, 5) is 14.0. The number of ether oxygens (including phenoxy) is 1. The van der Waals surface area contributed by atoms with Crippen molar-refractivity contribution in [2.45, 2.75) is 25.4 Å². The number of nitrogen functional groups attached to an aromatic ring is 1. The Morgan fingerprint density at radius 3 is 2.79 bits per heavy atom. The van der Waals surface area contributed by atoms with Crippen LogP contribution < -0.4 is 11.3 Å². The normalized spacial score (nSPS) is 16.6. The van der Waals surface area contributed by atoms with E-state index in [2.05, 4.69) is 17.4 Å². The largest absolute Gasteiger partial charge is 0.381 e. The maximum atomic E-state index is 11.7. The summed E-state index contributed by atoms with van der Waals surface area (Å²) in [7, 11) is 2.09. The number of hydrogen-bond donors (Lipinski definition) is 2. The van der Waals surface area contributed by atoms with Gasteiger partial charge in [0, 0.05) is 31.4 Å². The number of nitrogens with one attached hydrogen (secondary N) is 1. The Morgan fingerprint density at radius 2 is 2.11 bits per heavy atom. The van der Waals surface area contributed by atoms with Crippen molar-refractivity contribution in [3.8, 4) is 0 Å². The molecule has 1 fully saturated rings. The molecule has 2 rings (SSSR count). The van der Waals surface area contributed by atoms with Crippen LogP contribution in [0, 0.1) is 0 Å². The van der Waals surface area contributed by atoms with Crippen LogP contribution in [0.2, 0.25) is 0 Å². The zero-order chi connectivity index (χ0) is 13.7. The van der Waals surface area contributed by atoms with Gasteiger partial charge in [-0.25, -0.2) is 5.84 Å². The van der Waals surface area contributed by atoms with Crippen molar-refractivity contribution in [3.05, 3.63) is 35.4 Å². The molecule has 1 aromatic rings. The van der Waals surface area contributed by atoms with Crippen molar-refractivity contribution < 1.29 is 9.53 Å². The molecule has 5 heteroatoms. The molecule has 0 bridgehead atoms. The number of carbonyl (C=O) groups excluding carboxylic acids is 1. The molecular formula is C14H21N3O2. The van der Waals surface area contributed by atoms with Crippen LogP contribution in [0.5, 0.6) is 0 Å². The summed E-state index contributed by atoms with van der Waals surface area (Å²) in [5, 5.41) is 0. The standard InChI is InChI=1S/C14H21N3O2/c1-17(12-6-8-19-9-7-12)10-11-4-2-3-5-13(11)14(18)16-15/h2-5,12H,6-10,15H2,1H3,(H,16,18). The van der Waals surface area contributed by atoms with Gasteiger partial charge >= 0.3 is 0 Å². The molecular weight excluding hydrogens is 242 g/mol. The maximum Gasteiger partial charge on any atom is 0.265 e. The highest BCUT2D eigenvalue weighted by Gasteiger charge is 2.20. The molecule has 1 aliphatic rings. The van der Waals surface area contributed by atoms with Crippen LogP contribution >= 0.6 is 0 Å². The van der Waals surface area contributed by atoms with Gasteiger partial charge in [-0.15, -0.1) is 0 Å². The molecule has 3 N–H and O–H groups in total. The third-order valence-electron chi connectivity index (χ3n) is 3.63. The fraction of sp³-hybridized carbons (Fsp3) is 0.500. The summed E-state index contributed by atoms with van der Waals surface area (Å²) < 4.78 is 5.37. The molecule has 19 heavy (non-hydrogen) atoms. The summed E-state index contributed by atoms with van der Waals surface area (Å²) >= 11 is 0. The molecule has 0 radical (unpaired) electrons. The van der Waals surface area contributed by atoms with Gasteiger partial charge in [0.25, 0.3) is 5.91 Å². The second kappa shape index (κ2) is 6.65. The predicted molar refractivity (Wildman–Crippen MR) is 73.4 cm³/mol. The number of carbonyl (C=O) groups is 1. The monoisotopic (exact) mass is 263 g/mol. The van der Waals surface area contributed by atoms with Crippen molar-refractivity contribution in [3.63, 3.8) is 0 Å². The van der Waals surface area contributed by atoms with Crippen LogP contribution in [0.3, 0.4) is 0 Å². The second-order valence-electron chi connectivity index (χ2n) is 4.89. The average Bonchev–Trinajstić information content (AvgIpc) is 2.48. The minimum Gasteiger partial charge on any atom is -0.381 e. The average molecular weight is 263 g/mol. The van der Waals surface area contributed by atoms with E-state index >= 15 is 0 Å². The van der Waals surface area contributed by atoms with E-state index in [1.165, 1.54) is 0 Å². The summed E-state index contributed by atoms with van der Waals surface area (Å²) in [5.74, 6) is 4.98. The first-order valence-electron chi connectivity index (χ1n) is 6.59. The summed E-state index contributed by atoms with van der Waals surface area (Å²) in [6, 6.07) is 8.08. The predicted octanol–water partition coefficient (Wildman–Crippen LogP) is 0.901. The number of hydrogen-bond acceptors (Lipinski definition) is 4. The number of hydrazine groups is 1. The molecule has 1 amide bonds. The van der Waals surface area contributed by atoms with Crippen LogP contribution in [0.15, 0.2) is 24.3 Å². The molecule has 0 unspecified atom stereocenters. The first-order chi connectivity index (χ1) is 9.22. The molecule has 5 nitrogen and oxygen atoms in total. The Kier molecular flexibility index (Phi) is 4.90. The Hall–Kier alpha value is -1.43. The topological polar surface area (TPSA) is 67.6 Å². The number of benzene rings is 1. The Bertz CT molecular complexity index is 430. The number of nitrogens with zero attached hydrogens (tertiary/aromatic N) is 1. The highest BCUT2D eigenvalue weighted by molar-refractivity contribution is 5.95. The summed E-state index contributed by atoms with van der Waals surface area (Å²) in [6.07, 6.45) is 2.09. The van der Waals surface area contributed by atoms with Crippen LogP contribution in [0.4, 0.5) is 0 Å². The van der Waals surface area contributed by atoms with Crippen molar-refractivity contribution in [1.82, 2.24) is 10.3 Å². The first kappa shape index (κ1) is 14.0. The number of amides is 1. The van der Waals surface area contributed by atoms with Crippen molar-refractivity contribution in [2.75, 3.05) is 20.3 Å². The maximum absolute atomic E-state index is 11.7. The molecule has 1 saturated heterocycles. The van der Waals surface area contributed by atoms with Crippen LogP contribution in [0.1, 0.15) is 28.8 Å². The van der Waals surface area contributed by atoms with Gasteiger partial charge in [0.2, 0.25) is 0 Å². The van der Waals surface area contributed by atoms with Crippen molar-refractivity contribution in [2.24, 2.45) is 5.84 Å². The Balaban J connectivity index is 2.07. The molecule has 0 aliphatic carbocycles. The van der Waals surface area contributed by atoms with Crippen molar-refractivity contribution in [1.29, 1.82) is 0 Å². The lowest BCUT2D eigenvalue weighted by Gasteiger charge is -2.31. The number of rotatable bonds is 4. The van der Waals surface area contributed by atoms with E-state index in [1.54, 1.807) is 6.07 Å². The first-order valence-corrected chi connectivity index (χ1v) is 6.59. The van der Waals surface area contributed by atoms with Crippen LogP contribution in [-0.4, -0.2) is 37.1 Å². The van der Waals surface area contributed by atoms with Gasteiger partial charge in [0.05, 0.1) is 0 Å². The molecule has 0 atom stereocenters. The van der Waals surface area contributed by atoms with E-state index < -0.39 is 0 Å². The lowest BCUT2D eigenvalue weighted by Crippen LogP contribution is -2.37. The van der Waals surface area contributed by atoms with Gasteiger partial charge < -0.3 is 4.74 Å². The zero-order valence-electron chi connectivity index (χ0n) is 11.3. The van der Waals surface area contributed by atoms with Gasteiger partial charge in [0.1, 0.15) is 0 Å². The molecule has 1 heterocycles. The zero-order valence-corrected chi connectivity index (χ0v) is 11.3. The smallest absolute Gasteiger partial charge is 0.265 e. The summed E-state index contributed by atoms with van der Waals surface area (Å²) in [6.45, 7) is 2.38. The molecule has 1 aromatic carbocycles. The number of nitrogens with two attached hydrogens (primary N) is 1. The molecule has 0 spiro atoms.